The molecule has 1 unspecified atom stereocenters. The third kappa shape index (κ3) is 3.87. The molecular formula is C22H22Cl2N4O2. The Balaban J connectivity index is 1.21. The van der Waals surface area contributed by atoms with E-state index in [9.17, 15) is 4.79 Å². The van der Waals surface area contributed by atoms with Gasteiger partial charge in [-0.25, -0.2) is 4.79 Å². The van der Waals surface area contributed by atoms with Crippen molar-refractivity contribution in [2.75, 3.05) is 19.6 Å². The van der Waals surface area contributed by atoms with E-state index in [0.29, 0.717) is 10.0 Å². The van der Waals surface area contributed by atoms with E-state index >= 15 is 0 Å². The summed E-state index contributed by atoms with van der Waals surface area (Å²) in [6, 6.07) is 13.4. The first-order chi connectivity index (χ1) is 14.6. The smallest absolute Gasteiger partial charge is 0.326 e. The molecule has 30 heavy (non-hydrogen) atoms. The zero-order valence-electron chi connectivity index (χ0n) is 16.4. The Morgan fingerprint density at radius 3 is 2.70 bits per heavy atom. The molecule has 6 nitrogen and oxygen atoms in total. The molecule has 2 aromatic carbocycles. The number of nitrogens with zero attached hydrogens (tertiary/aromatic N) is 3. The van der Waals surface area contributed by atoms with Crippen molar-refractivity contribution in [2.24, 2.45) is 5.16 Å². The van der Waals surface area contributed by atoms with Crippen molar-refractivity contribution in [3.8, 4) is 0 Å². The Kier molecular flexibility index (Phi) is 5.31. The van der Waals surface area contributed by atoms with Gasteiger partial charge in [0.1, 0.15) is 0 Å². The molecule has 8 heteroatoms. The molecule has 1 atom stereocenters. The lowest BCUT2D eigenvalue weighted by Gasteiger charge is -2.32. The summed E-state index contributed by atoms with van der Waals surface area (Å²) in [7, 11) is 0. The van der Waals surface area contributed by atoms with E-state index in [0.717, 1.165) is 61.2 Å². The number of nitrogens with one attached hydrogen (secondary N) is 1. The summed E-state index contributed by atoms with van der Waals surface area (Å²) < 4.78 is 1.87. The second-order valence-corrected chi connectivity index (χ2v) is 8.85. The van der Waals surface area contributed by atoms with E-state index in [-0.39, 0.29) is 17.8 Å². The van der Waals surface area contributed by atoms with Gasteiger partial charge >= 0.3 is 5.69 Å². The molecule has 156 valence electrons. The largest absolute Gasteiger partial charge is 0.387 e. The molecule has 0 bridgehead atoms. The molecule has 3 aromatic rings. The van der Waals surface area contributed by atoms with Gasteiger partial charge in [-0.2, -0.15) is 0 Å². The van der Waals surface area contributed by atoms with Crippen molar-refractivity contribution in [3.63, 3.8) is 0 Å². The summed E-state index contributed by atoms with van der Waals surface area (Å²) in [6.07, 6.45) is 2.53. The Bertz CT molecular complexity index is 1160. The van der Waals surface area contributed by atoms with Crippen LogP contribution in [0.5, 0.6) is 0 Å². The molecular weight excluding hydrogens is 423 g/mol. The average Bonchev–Trinajstić information content (AvgIpc) is 3.32. The fraction of sp³-hybridized carbons (Fsp3) is 0.364. The Labute approximate surface area is 184 Å². The predicted molar refractivity (Wildman–Crippen MR) is 120 cm³/mol. The van der Waals surface area contributed by atoms with Crippen LogP contribution in [0.2, 0.25) is 10.0 Å². The molecule has 1 saturated heterocycles. The number of halogens is 2. The Morgan fingerprint density at radius 1 is 1.10 bits per heavy atom. The van der Waals surface area contributed by atoms with Gasteiger partial charge in [0.2, 0.25) is 0 Å². The van der Waals surface area contributed by atoms with E-state index in [4.69, 9.17) is 28.0 Å². The van der Waals surface area contributed by atoms with Gasteiger partial charge in [0.25, 0.3) is 0 Å². The quantitative estimate of drug-likeness (QED) is 0.628. The molecule has 0 spiro atoms. The number of benzene rings is 2. The van der Waals surface area contributed by atoms with Crippen molar-refractivity contribution in [3.05, 3.63) is 68.6 Å². The van der Waals surface area contributed by atoms with Crippen LogP contribution in [0.25, 0.3) is 11.0 Å². The normalized spacial score (nSPS) is 20.5. The average molecular weight is 445 g/mol. The topological polar surface area (TPSA) is 62.6 Å². The highest BCUT2D eigenvalue weighted by Crippen LogP contribution is 2.30. The number of oxime groups is 1. The first-order valence-corrected chi connectivity index (χ1v) is 10.9. The maximum absolute atomic E-state index is 12.5. The number of rotatable bonds is 4. The number of hydrogen-bond acceptors (Lipinski definition) is 4. The summed E-state index contributed by atoms with van der Waals surface area (Å²) >= 11 is 12.2. The van der Waals surface area contributed by atoms with Gasteiger partial charge in [0.05, 0.1) is 16.7 Å². The van der Waals surface area contributed by atoms with E-state index in [2.05, 4.69) is 15.0 Å². The van der Waals surface area contributed by atoms with Crippen molar-refractivity contribution in [1.82, 2.24) is 14.5 Å². The minimum absolute atomic E-state index is 0.0641. The lowest BCUT2D eigenvalue weighted by atomic mass is 10.0. The summed E-state index contributed by atoms with van der Waals surface area (Å²) in [5.41, 5.74) is 3.75. The van der Waals surface area contributed by atoms with E-state index in [1.807, 2.05) is 41.0 Å². The molecule has 2 aliphatic heterocycles. The zero-order chi connectivity index (χ0) is 20.7. The molecule has 0 radical (unpaired) electrons. The molecule has 2 aliphatic rings. The van der Waals surface area contributed by atoms with Gasteiger partial charge in [-0.15, -0.1) is 0 Å². The van der Waals surface area contributed by atoms with E-state index < -0.39 is 0 Å². The van der Waals surface area contributed by atoms with Crippen LogP contribution < -0.4 is 5.69 Å². The predicted octanol–water partition coefficient (Wildman–Crippen LogP) is 4.79. The molecule has 5 rings (SSSR count). The minimum atomic E-state index is -0.0661. The number of aromatic nitrogens is 2. The number of hydrogen-bond donors (Lipinski definition) is 1. The van der Waals surface area contributed by atoms with Gasteiger partial charge in [-0.1, -0.05) is 40.5 Å². The van der Waals surface area contributed by atoms with Crippen molar-refractivity contribution in [1.29, 1.82) is 0 Å². The second kappa shape index (κ2) is 8.10. The molecule has 1 aromatic heterocycles. The van der Waals surface area contributed by atoms with Gasteiger partial charge in [-0.3, -0.25) is 9.47 Å². The molecule has 3 heterocycles. The van der Waals surface area contributed by atoms with Crippen LogP contribution in [-0.2, 0) is 4.84 Å². The highest BCUT2D eigenvalue weighted by atomic mass is 35.5. The summed E-state index contributed by atoms with van der Waals surface area (Å²) in [6.45, 7) is 2.61. The number of likely N-dealkylation sites (tertiary alicyclic amines) is 1. The van der Waals surface area contributed by atoms with Gasteiger partial charge < -0.3 is 9.82 Å². The standard InChI is InChI=1S/C22H22Cl2N4O2/c23-15-3-1-2-14(10-15)21-12-17(26-30-21)13-27-8-6-18(7-9-27)28-20-11-16(24)4-5-19(20)25-22(28)29/h1-5,10-11,18,21H,6-9,12-13H2,(H,25,29). The molecule has 0 amide bonds. The first kappa shape index (κ1) is 19.7. The van der Waals surface area contributed by atoms with Crippen LogP contribution in [0.1, 0.15) is 37.0 Å². The van der Waals surface area contributed by atoms with E-state index in [1.165, 1.54) is 0 Å². The number of H-pyrrole nitrogens is 1. The van der Waals surface area contributed by atoms with Gasteiger partial charge in [-0.05, 0) is 48.7 Å². The van der Waals surface area contributed by atoms with Crippen LogP contribution in [0.3, 0.4) is 0 Å². The second-order valence-electron chi connectivity index (χ2n) is 7.98. The monoisotopic (exact) mass is 444 g/mol. The first-order valence-electron chi connectivity index (χ1n) is 10.2. The van der Waals surface area contributed by atoms with E-state index in [1.54, 1.807) is 6.07 Å². The number of imidazole rings is 1. The van der Waals surface area contributed by atoms with Crippen LogP contribution >= 0.6 is 23.2 Å². The van der Waals surface area contributed by atoms with Crippen molar-refractivity contribution < 1.29 is 4.84 Å². The van der Waals surface area contributed by atoms with Crippen LogP contribution in [0, 0.1) is 0 Å². The molecule has 0 saturated carbocycles. The Hall–Kier alpha value is -2.28. The Morgan fingerprint density at radius 2 is 1.90 bits per heavy atom. The summed E-state index contributed by atoms with van der Waals surface area (Å²) in [5.74, 6) is 0. The highest BCUT2D eigenvalue weighted by molar-refractivity contribution is 6.31. The highest BCUT2D eigenvalue weighted by Gasteiger charge is 2.28. The maximum atomic E-state index is 12.5. The van der Waals surface area contributed by atoms with Gasteiger partial charge in [0.15, 0.2) is 6.10 Å². The van der Waals surface area contributed by atoms with Crippen LogP contribution in [-0.4, -0.2) is 39.8 Å². The maximum Gasteiger partial charge on any atom is 0.326 e. The van der Waals surface area contributed by atoms with Gasteiger partial charge in [0, 0.05) is 42.1 Å². The zero-order valence-corrected chi connectivity index (χ0v) is 17.9. The van der Waals surface area contributed by atoms with Crippen molar-refractivity contribution >= 4 is 39.9 Å². The summed E-state index contributed by atoms with van der Waals surface area (Å²) in [4.78, 5) is 23.5. The lowest BCUT2D eigenvalue weighted by molar-refractivity contribution is 0.0856. The number of aromatic amines is 1. The summed E-state index contributed by atoms with van der Waals surface area (Å²) in [5, 5.41) is 5.66. The van der Waals surface area contributed by atoms with Crippen molar-refractivity contribution in [2.45, 2.75) is 31.4 Å². The fourth-order valence-electron chi connectivity index (χ4n) is 4.46. The fourth-order valence-corrected chi connectivity index (χ4v) is 4.82. The number of piperidine rings is 1. The number of fused-ring (bicyclic) bond motifs is 1. The molecule has 1 N–H and O–H groups in total. The van der Waals surface area contributed by atoms with Crippen LogP contribution in [0.4, 0.5) is 0 Å². The molecule has 0 aliphatic carbocycles. The SMILES string of the molecule is O=c1[nH]c2ccc(Cl)cc2n1C1CCN(CC2=NOC(c3cccc(Cl)c3)C2)CC1. The lowest BCUT2D eigenvalue weighted by Crippen LogP contribution is -2.39. The minimum Gasteiger partial charge on any atom is -0.387 e. The molecule has 1 fully saturated rings. The third-order valence-corrected chi connectivity index (χ3v) is 6.43. The third-order valence-electron chi connectivity index (χ3n) is 5.96. The van der Waals surface area contributed by atoms with Crippen LogP contribution in [0.15, 0.2) is 52.4 Å².